The second-order valence-corrected chi connectivity index (χ2v) is 20.1. The number of unbranched alkanes of at least 4 members (excludes halogenated alkanes) is 39. The molecule has 0 aromatic rings. The van der Waals surface area contributed by atoms with Crippen molar-refractivity contribution in [3.8, 4) is 0 Å². The maximum absolute atomic E-state index is 13.3. The van der Waals surface area contributed by atoms with Gasteiger partial charge >= 0.3 is 5.97 Å². The first-order valence-corrected chi connectivity index (χ1v) is 28.9. The van der Waals surface area contributed by atoms with Gasteiger partial charge in [-0.3, -0.25) is 9.59 Å². The third-order valence-electron chi connectivity index (χ3n) is 13.6. The van der Waals surface area contributed by atoms with E-state index in [1.807, 2.05) is 0 Å². The van der Waals surface area contributed by atoms with Crippen LogP contribution in [0.3, 0.4) is 0 Å². The van der Waals surface area contributed by atoms with E-state index in [1.54, 1.807) is 0 Å². The van der Waals surface area contributed by atoms with E-state index in [4.69, 9.17) is 4.74 Å². The van der Waals surface area contributed by atoms with Crippen molar-refractivity contribution in [3.05, 3.63) is 12.2 Å². The van der Waals surface area contributed by atoms with Gasteiger partial charge in [0.15, 0.2) is 0 Å². The first kappa shape index (κ1) is 62.6. The first-order chi connectivity index (χ1) is 31.5. The summed E-state index contributed by atoms with van der Waals surface area (Å²) in [7, 11) is 0. The van der Waals surface area contributed by atoms with E-state index < -0.39 is 18.2 Å². The van der Waals surface area contributed by atoms with Crippen LogP contribution in [0.2, 0.25) is 0 Å². The summed E-state index contributed by atoms with van der Waals surface area (Å²) in [5.41, 5.74) is 0. The van der Waals surface area contributed by atoms with Crippen LogP contribution in [0.4, 0.5) is 0 Å². The molecule has 0 rings (SSSR count). The molecule has 0 radical (unpaired) electrons. The molecule has 0 aromatic carbocycles. The zero-order chi connectivity index (χ0) is 46.7. The molecule has 380 valence electrons. The number of allylic oxidation sites excluding steroid dienone is 2. The average molecular weight is 905 g/mol. The third kappa shape index (κ3) is 47.1. The predicted octanol–water partition coefficient (Wildman–Crippen LogP) is 17.7. The van der Waals surface area contributed by atoms with Crippen molar-refractivity contribution in [1.29, 1.82) is 0 Å². The van der Waals surface area contributed by atoms with Gasteiger partial charge in [-0.2, -0.15) is 0 Å². The normalized spacial score (nSPS) is 13.1. The van der Waals surface area contributed by atoms with Crippen molar-refractivity contribution in [2.75, 3.05) is 6.61 Å². The molecule has 64 heavy (non-hydrogen) atoms. The molecule has 0 spiro atoms. The van der Waals surface area contributed by atoms with Crippen LogP contribution in [0.15, 0.2) is 12.2 Å². The fourth-order valence-electron chi connectivity index (χ4n) is 9.19. The number of nitrogens with one attached hydrogen (secondary N) is 1. The highest BCUT2D eigenvalue weighted by atomic mass is 16.5. The molecule has 6 nitrogen and oxygen atoms in total. The maximum atomic E-state index is 13.3. The molecule has 0 heterocycles. The number of esters is 1. The lowest BCUT2D eigenvalue weighted by Gasteiger charge is -2.24. The Morgan fingerprint density at radius 3 is 1.12 bits per heavy atom. The number of amides is 1. The van der Waals surface area contributed by atoms with E-state index in [0.29, 0.717) is 19.3 Å². The number of aliphatic hydroxyl groups is 2. The van der Waals surface area contributed by atoms with Crippen LogP contribution < -0.4 is 5.32 Å². The van der Waals surface area contributed by atoms with Crippen LogP contribution in [-0.2, 0) is 14.3 Å². The van der Waals surface area contributed by atoms with E-state index in [-0.39, 0.29) is 24.9 Å². The number of ether oxygens (including phenoxy) is 1. The number of hydrogen-bond donors (Lipinski definition) is 3. The molecule has 3 atom stereocenters. The van der Waals surface area contributed by atoms with Crippen LogP contribution >= 0.6 is 0 Å². The molecule has 0 saturated heterocycles. The van der Waals surface area contributed by atoms with Gasteiger partial charge < -0.3 is 20.3 Å². The molecule has 6 heteroatoms. The molecule has 0 aliphatic carbocycles. The second kappa shape index (κ2) is 52.6. The van der Waals surface area contributed by atoms with E-state index in [0.717, 1.165) is 57.8 Å². The molecule has 0 fully saturated rings. The minimum absolute atomic E-state index is 0.0794. The number of aliphatic hydroxyl groups excluding tert-OH is 2. The zero-order valence-corrected chi connectivity index (χ0v) is 43.4. The van der Waals surface area contributed by atoms with Crippen molar-refractivity contribution < 1.29 is 24.5 Å². The lowest BCUT2D eigenvalue weighted by atomic mass is 10.0. The van der Waals surface area contributed by atoms with Crippen LogP contribution in [0.5, 0.6) is 0 Å². The number of hydrogen-bond acceptors (Lipinski definition) is 5. The van der Waals surface area contributed by atoms with Crippen LogP contribution in [0.1, 0.15) is 323 Å². The number of carbonyl (C=O) groups is 2. The monoisotopic (exact) mass is 904 g/mol. The Kier molecular flexibility index (Phi) is 51.4. The summed E-state index contributed by atoms with van der Waals surface area (Å²) in [5, 5.41) is 23.9. The molecule has 0 aliphatic rings. The summed E-state index contributed by atoms with van der Waals surface area (Å²) in [6, 6.07) is -0.698. The minimum Gasteiger partial charge on any atom is -0.462 e. The second-order valence-electron chi connectivity index (χ2n) is 20.1. The van der Waals surface area contributed by atoms with Crippen LogP contribution in [0.25, 0.3) is 0 Å². The maximum Gasteiger partial charge on any atom is 0.306 e. The summed E-state index contributed by atoms with van der Waals surface area (Å²) >= 11 is 0. The quantitative estimate of drug-likeness (QED) is 0.0321. The van der Waals surface area contributed by atoms with E-state index in [1.165, 1.54) is 218 Å². The van der Waals surface area contributed by atoms with Crippen molar-refractivity contribution in [3.63, 3.8) is 0 Å². The third-order valence-corrected chi connectivity index (χ3v) is 13.6. The lowest BCUT2D eigenvalue weighted by molar-refractivity contribution is -0.151. The van der Waals surface area contributed by atoms with Crippen molar-refractivity contribution in [1.82, 2.24) is 5.32 Å². The highest BCUT2D eigenvalue weighted by molar-refractivity contribution is 5.77. The standard InChI is InChI=1S/C58H113NO5/c1-4-7-10-13-16-19-22-25-27-28-30-33-36-39-42-45-48-51-58(63)64-54(49-46-43-40-37-34-31-24-21-18-15-12-9-6-3)52-57(62)59-55(53-60)56(61)50-47-44-41-38-35-32-29-26-23-20-17-14-11-8-5-2/h21,24,54-56,60-61H,4-20,22-23,25-53H2,1-3H3,(H,59,62)/b24-21-. The largest absolute Gasteiger partial charge is 0.462 e. The number of carbonyl (C=O) groups excluding carboxylic acids is 2. The molecular weight excluding hydrogens is 791 g/mol. The summed E-state index contributed by atoms with van der Waals surface area (Å²) < 4.78 is 5.96. The fourth-order valence-corrected chi connectivity index (χ4v) is 9.19. The van der Waals surface area contributed by atoms with E-state index in [9.17, 15) is 19.8 Å². The zero-order valence-electron chi connectivity index (χ0n) is 43.4. The van der Waals surface area contributed by atoms with Gasteiger partial charge in [0, 0.05) is 6.42 Å². The molecule has 0 aromatic heterocycles. The van der Waals surface area contributed by atoms with E-state index >= 15 is 0 Å². The summed E-state index contributed by atoms with van der Waals surface area (Å²) in [6.45, 7) is 6.51. The summed E-state index contributed by atoms with van der Waals surface area (Å²) in [4.78, 5) is 26.2. The summed E-state index contributed by atoms with van der Waals surface area (Å²) in [6.07, 6.45) is 59.9. The van der Waals surface area contributed by atoms with Crippen molar-refractivity contribution in [2.24, 2.45) is 0 Å². The van der Waals surface area contributed by atoms with Crippen LogP contribution in [0, 0.1) is 0 Å². The molecule has 3 unspecified atom stereocenters. The summed E-state index contributed by atoms with van der Waals surface area (Å²) in [5.74, 6) is -0.459. The Bertz CT molecular complexity index is 970. The van der Waals surface area contributed by atoms with Gasteiger partial charge in [-0.25, -0.2) is 0 Å². The molecule has 1 amide bonds. The molecular formula is C58H113NO5. The van der Waals surface area contributed by atoms with Gasteiger partial charge in [-0.05, 0) is 51.4 Å². The van der Waals surface area contributed by atoms with Gasteiger partial charge in [0.25, 0.3) is 0 Å². The molecule has 0 aliphatic heterocycles. The fraction of sp³-hybridized carbons (Fsp3) is 0.931. The topological polar surface area (TPSA) is 95.9 Å². The Labute approximate surface area is 399 Å². The predicted molar refractivity (Wildman–Crippen MR) is 278 cm³/mol. The highest BCUT2D eigenvalue weighted by Crippen LogP contribution is 2.19. The molecule has 0 bridgehead atoms. The molecule has 3 N–H and O–H groups in total. The van der Waals surface area contributed by atoms with Gasteiger partial charge in [0.1, 0.15) is 6.10 Å². The Morgan fingerprint density at radius 2 is 0.750 bits per heavy atom. The first-order valence-electron chi connectivity index (χ1n) is 28.9. The van der Waals surface area contributed by atoms with Gasteiger partial charge in [0.2, 0.25) is 5.91 Å². The SMILES string of the molecule is CCCCCC/C=C\CCCCCCCC(CC(=O)NC(CO)C(O)CCCCCCCCCCCCCCCCC)OC(=O)CCCCCCCCCCCCCCCCCCC. The van der Waals surface area contributed by atoms with Gasteiger partial charge in [0.05, 0.1) is 25.2 Å². The molecule has 0 saturated carbocycles. The Morgan fingerprint density at radius 1 is 0.438 bits per heavy atom. The Balaban J connectivity index is 4.48. The smallest absolute Gasteiger partial charge is 0.306 e. The van der Waals surface area contributed by atoms with E-state index in [2.05, 4.69) is 38.2 Å². The highest BCUT2D eigenvalue weighted by Gasteiger charge is 2.24. The average Bonchev–Trinajstić information content (AvgIpc) is 3.29. The van der Waals surface area contributed by atoms with Gasteiger partial charge in [-0.1, -0.05) is 270 Å². The Hall–Kier alpha value is -1.40. The van der Waals surface area contributed by atoms with Gasteiger partial charge in [-0.15, -0.1) is 0 Å². The van der Waals surface area contributed by atoms with Crippen molar-refractivity contribution in [2.45, 2.75) is 341 Å². The van der Waals surface area contributed by atoms with Crippen molar-refractivity contribution >= 4 is 11.9 Å². The van der Waals surface area contributed by atoms with Crippen LogP contribution in [-0.4, -0.2) is 46.9 Å². The minimum atomic E-state index is -0.785. The lowest BCUT2D eigenvalue weighted by Crippen LogP contribution is -2.46. The number of rotatable bonds is 53.